The Kier molecular flexibility index (Phi) is 8.59. The van der Waals surface area contributed by atoms with Gasteiger partial charge >= 0.3 is 11.8 Å². The molecule has 1 saturated heterocycles. The zero-order chi connectivity index (χ0) is 22.8. The number of nitrogens with zero attached hydrogens (tertiary/aromatic N) is 1. The summed E-state index contributed by atoms with van der Waals surface area (Å²) in [6.07, 6.45) is 3.17. The molecule has 168 valence electrons. The molecule has 0 spiro atoms. The summed E-state index contributed by atoms with van der Waals surface area (Å²) in [5.74, 6) is -1.46. The molecule has 32 heavy (non-hydrogen) atoms. The Bertz CT molecular complexity index is 975. The Hall–Kier alpha value is -3.43. The van der Waals surface area contributed by atoms with Crippen molar-refractivity contribution in [3.8, 4) is 5.75 Å². The van der Waals surface area contributed by atoms with Gasteiger partial charge in [-0.1, -0.05) is 17.7 Å². The lowest BCUT2D eigenvalue weighted by molar-refractivity contribution is -0.139. The van der Waals surface area contributed by atoms with Crippen LogP contribution in [0.4, 0.5) is 5.69 Å². The maximum absolute atomic E-state index is 12.0. The molecule has 2 aromatic carbocycles. The van der Waals surface area contributed by atoms with Crippen molar-refractivity contribution < 1.29 is 23.9 Å². The van der Waals surface area contributed by atoms with E-state index in [0.29, 0.717) is 35.2 Å². The number of amides is 3. The van der Waals surface area contributed by atoms with Crippen molar-refractivity contribution in [3.05, 3.63) is 59.1 Å². The summed E-state index contributed by atoms with van der Waals surface area (Å²) in [4.78, 5) is 35.5. The first-order valence-corrected chi connectivity index (χ1v) is 10.4. The largest absolute Gasteiger partial charge is 0.484 e. The zero-order valence-electron chi connectivity index (χ0n) is 17.2. The molecule has 0 radical (unpaired) electrons. The van der Waals surface area contributed by atoms with E-state index in [2.05, 4.69) is 21.2 Å². The Morgan fingerprint density at radius 1 is 1.16 bits per heavy atom. The minimum Gasteiger partial charge on any atom is -0.484 e. The number of rotatable bonds is 8. The Balaban J connectivity index is 1.37. The molecule has 0 aliphatic carbocycles. The van der Waals surface area contributed by atoms with Gasteiger partial charge in [0, 0.05) is 23.9 Å². The number of hydrazone groups is 1. The predicted octanol–water partition coefficient (Wildman–Crippen LogP) is 2.10. The van der Waals surface area contributed by atoms with Crippen molar-refractivity contribution in [2.45, 2.75) is 18.9 Å². The maximum Gasteiger partial charge on any atom is 0.329 e. The lowest BCUT2D eigenvalue weighted by atomic mass is 10.2. The van der Waals surface area contributed by atoms with Crippen LogP contribution in [0.2, 0.25) is 5.02 Å². The molecule has 0 saturated carbocycles. The zero-order valence-corrected chi connectivity index (χ0v) is 17.9. The van der Waals surface area contributed by atoms with E-state index in [4.69, 9.17) is 21.1 Å². The normalized spacial score (nSPS) is 15.3. The van der Waals surface area contributed by atoms with Crippen molar-refractivity contribution in [3.63, 3.8) is 0 Å². The van der Waals surface area contributed by atoms with Crippen LogP contribution in [0.5, 0.6) is 5.75 Å². The van der Waals surface area contributed by atoms with Gasteiger partial charge in [-0.15, -0.1) is 0 Å². The second kappa shape index (κ2) is 11.8. The van der Waals surface area contributed by atoms with Crippen LogP contribution in [-0.4, -0.2) is 49.8 Å². The smallest absolute Gasteiger partial charge is 0.329 e. The Morgan fingerprint density at radius 3 is 2.69 bits per heavy atom. The fraction of sp³-hybridized carbons (Fsp3) is 0.273. The Morgan fingerprint density at radius 2 is 1.97 bits per heavy atom. The molecule has 1 atom stereocenters. The molecule has 3 rings (SSSR count). The van der Waals surface area contributed by atoms with Crippen LogP contribution < -0.4 is 20.8 Å². The number of benzene rings is 2. The van der Waals surface area contributed by atoms with Crippen LogP contribution in [0, 0.1) is 0 Å². The average Bonchev–Trinajstić information content (AvgIpc) is 3.30. The highest BCUT2D eigenvalue weighted by Crippen LogP contribution is 2.15. The summed E-state index contributed by atoms with van der Waals surface area (Å²) in [6, 6.07) is 13.5. The highest BCUT2D eigenvalue weighted by molar-refractivity contribution is 6.35. The molecule has 1 heterocycles. The lowest BCUT2D eigenvalue weighted by Gasteiger charge is -2.09. The summed E-state index contributed by atoms with van der Waals surface area (Å²) in [7, 11) is 0. The van der Waals surface area contributed by atoms with Gasteiger partial charge in [-0.25, -0.2) is 5.43 Å². The second-order valence-electron chi connectivity index (χ2n) is 6.96. The lowest BCUT2D eigenvalue weighted by Crippen LogP contribution is -2.41. The minimum absolute atomic E-state index is 0.0427. The van der Waals surface area contributed by atoms with Gasteiger partial charge in [-0.2, -0.15) is 5.10 Å². The first-order chi connectivity index (χ1) is 15.5. The van der Waals surface area contributed by atoms with E-state index in [0.717, 1.165) is 12.8 Å². The molecule has 10 heteroatoms. The van der Waals surface area contributed by atoms with Crippen molar-refractivity contribution in [2.75, 3.05) is 25.1 Å². The molecule has 1 aliphatic rings. The molecule has 3 N–H and O–H groups in total. The van der Waals surface area contributed by atoms with Crippen molar-refractivity contribution in [1.29, 1.82) is 0 Å². The third-order valence-electron chi connectivity index (χ3n) is 4.46. The summed E-state index contributed by atoms with van der Waals surface area (Å²) in [6.45, 7) is 0.808. The fourth-order valence-corrected chi connectivity index (χ4v) is 3.06. The van der Waals surface area contributed by atoms with Gasteiger partial charge in [-0.05, 0) is 60.9 Å². The van der Waals surface area contributed by atoms with Crippen LogP contribution in [0.15, 0.2) is 53.6 Å². The van der Waals surface area contributed by atoms with Gasteiger partial charge in [0.15, 0.2) is 6.61 Å². The first kappa shape index (κ1) is 23.2. The van der Waals surface area contributed by atoms with E-state index in [1.807, 2.05) is 0 Å². The maximum atomic E-state index is 12.0. The molecule has 3 amide bonds. The quantitative estimate of drug-likeness (QED) is 0.318. The number of anilines is 1. The second-order valence-corrected chi connectivity index (χ2v) is 7.40. The highest BCUT2D eigenvalue weighted by Gasteiger charge is 2.18. The van der Waals surface area contributed by atoms with Crippen molar-refractivity contribution >= 4 is 41.2 Å². The molecule has 1 fully saturated rings. The summed E-state index contributed by atoms with van der Waals surface area (Å²) in [5, 5.41) is 9.50. The van der Waals surface area contributed by atoms with E-state index in [9.17, 15) is 14.4 Å². The molecule has 9 nitrogen and oxygen atoms in total. The molecule has 0 bridgehead atoms. The molecule has 1 aliphatic heterocycles. The average molecular weight is 459 g/mol. The third kappa shape index (κ3) is 7.68. The molecule has 0 aromatic heterocycles. The molecular weight excluding hydrogens is 436 g/mol. The van der Waals surface area contributed by atoms with Gasteiger partial charge in [0.2, 0.25) is 0 Å². The van der Waals surface area contributed by atoms with Gasteiger partial charge in [0.05, 0.1) is 12.3 Å². The SMILES string of the molecule is O=C(COc1ccc(/C=N\NC(=O)C(=O)NC[C@@H]2CCCO2)cc1)Nc1cccc(Cl)c1. The molecule has 0 unspecified atom stereocenters. The standard InChI is InChI=1S/C22H23ClN4O5/c23-16-3-1-4-17(11-16)26-20(28)14-32-18-8-6-15(7-9-18)12-25-27-22(30)21(29)24-13-19-5-2-10-31-19/h1,3-4,6-9,11-12,19H,2,5,10,13-14H2,(H,24,29)(H,26,28)(H,27,30)/b25-12-/t19-/m0/s1. The van der Waals surface area contributed by atoms with Crippen molar-refractivity contribution in [2.24, 2.45) is 5.10 Å². The first-order valence-electron chi connectivity index (χ1n) is 10.0. The van der Waals surface area contributed by atoms with Crippen molar-refractivity contribution in [1.82, 2.24) is 10.7 Å². The summed E-state index contributed by atoms with van der Waals surface area (Å²) in [5.41, 5.74) is 3.42. The Labute approximate surface area is 190 Å². The van der Waals surface area contributed by atoms with Crippen LogP contribution in [-0.2, 0) is 19.1 Å². The predicted molar refractivity (Wildman–Crippen MR) is 120 cm³/mol. The van der Waals surface area contributed by atoms with E-state index in [1.165, 1.54) is 6.21 Å². The third-order valence-corrected chi connectivity index (χ3v) is 4.69. The van der Waals surface area contributed by atoms with E-state index in [1.54, 1.807) is 48.5 Å². The van der Waals surface area contributed by atoms with Gasteiger partial charge in [0.1, 0.15) is 5.75 Å². The van der Waals surface area contributed by atoms with Crippen LogP contribution in [0.1, 0.15) is 18.4 Å². The monoisotopic (exact) mass is 458 g/mol. The highest BCUT2D eigenvalue weighted by atomic mass is 35.5. The van der Waals surface area contributed by atoms with Gasteiger partial charge in [-0.3, -0.25) is 14.4 Å². The number of carbonyl (C=O) groups is 3. The molecule has 2 aromatic rings. The summed E-state index contributed by atoms with van der Waals surface area (Å²) < 4.78 is 10.8. The van der Waals surface area contributed by atoms with Crippen LogP contribution >= 0.6 is 11.6 Å². The minimum atomic E-state index is -0.857. The fourth-order valence-electron chi connectivity index (χ4n) is 2.87. The van der Waals surface area contributed by atoms with Gasteiger partial charge in [0.25, 0.3) is 5.91 Å². The van der Waals surface area contributed by atoms with Crippen LogP contribution in [0.3, 0.4) is 0 Å². The van der Waals surface area contributed by atoms with E-state index < -0.39 is 11.8 Å². The number of hydrogen-bond acceptors (Lipinski definition) is 6. The number of hydrogen-bond donors (Lipinski definition) is 3. The number of ether oxygens (including phenoxy) is 2. The van der Waals surface area contributed by atoms with Crippen LogP contribution in [0.25, 0.3) is 0 Å². The number of halogens is 1. The van der Waals surface area contributed by atoms with E-state index >= 15 is 0 Å². The molecular formula is C22H23ClN4O5. The van der Waals surface area contributed by atoms with Gasteiger partial charge < -0.3 is 20.1 Å². The van der Waals surface area contributed by atoms with E-state index in [-0.39, 0.29) is 18.6 Å². The number of carbonyl (C=O) groups excluding carboxylic acids is 3. The topological polar surface area (TPSA) is 118 Å². The summed E-state index contributed by atoms with van der Waals surface area (Å²) >= 11 is 5.88. The number of nitrogens with one attached hydrogen (secondary N) is 3.